The van der Waals surface area contributed by atoms with Gasteiger partial charge in [-0.05, 0) is 35.7 Å². The van der Waals surface area contributed by atoms with Crippen molar-refractivity contribution < 1.29 is 19.1 Å². The van der Waals surface area contributed by atoms with Gasteiger partial charge < -0.3 is 14.4 Å². The number of benzene rings is 1. The lowest BCUT2D eigenvalue weighted by Gasteiger charge is -2.22. The molecule has 1 amide bonds. The van der Waals surface area contributed by atoms with Crippen molar-refractivity contribution in [3.8, 4) is 5.75 Å². The molecule has 26 heavy (non-hydrogen) atoms. The Labute approximate surface area is 153 Å². The first-order chi connectivity index (χ1) is 12.6. The van der Waals surface area contributed by atoms with E-state index >= 15 is 0 Å². The molecule has 0 N–H and O–H groups in total. The SMILES string of the molecule is CCc1cccc(OCC(=O)N(CCC(=O)OC)Cc2cccnc2)c1. The molecule has 1 aromatic heterocycles. The Balaban J connectivity index is 1.99. The topological polar surface area (TPSA) is 68.7 Å². The van der Waals surface area contributed by atoms with Crippen LogP contribution in [0.5, 0.6) is 5.75 Å². The molecule has 0 saturated carbocycles. The Morgan fingerprint density at radius 2 is 1.96 bits per heavy atom. The number of carbonyl (C=O) groups excluding carboxylic acids is 2. The lowest BCUT2D eigenvalue weighted by Crippen LogP contribution is -2.36. The molecule has 0 atom stereocenters. The summed E-state index contributed by atoms with van der Waals surface area (Å²) < 4.78 is 10.3. The fraction of sp³-hybridized carbons (Fsp3) is 0.350. The summed E-state index contributed by atoms with van der Waals surface area (Å²) in [4.78, 5) is 29.7. The second-order valence-corrected chi connectivity index (χ2v) is 5.79. The van der Waals surface area contributed by atoms with Crippen LogP contribution in [0, 0.1) is 0 Å². The number of hydrogen-bond acceptors (Lipinski definition) is 5. The predicted molar refractivity (Wildman–Crippen MR) is 97.6 cm³/mol. The smallest absolute Gasteiger partial charge is 0.307 e. The van der Waals surface area contributed by atoms with E-state index in [0.29, 0.717) is 12.3 Å². The number of rotatable bonds is 9. The number of aromatic nitrogens is 1. The van der Waals surface area contributed by atoms with Crippen molar-refractivity contribution in [2.24, 2.45) is 0 Å². The Kier molecular flexibility index (Phi) is 7.61. The molecule has 0 aliphatic heterocycles. The van der Waals surface area contributed by atoms with Gasteiger partial charge in [0.1, 0.15) is 5.75 Å². The molecule has 0 unspecified atom stereocenters. The zero-order valence-electron chi connectivity index (χ0n) is 15.2. The van der Waals surface area contributed by atoms with Gasteiger partial charge >= 0.3 is 5.97 Å². The molecule has 0 radical (unpaired) electrons. The minimum absolute atomic E-state index is 0.0887. The van der Waals surface area contributed by atoms with E-state index in [9.17, 15) is 9.59 Å². The Bertz CT molecular complexity index is 719. The van der Waals surface area contributed by atoms with Gasteiger partial charge in [-0.1, -0.05) is 25.1 Å². The molecule has 0 aliphatic carbocycles. The summed E-state index contributed by atoms with van der Waals surface area (Å²) in [5, 5.41) is 0. The summed E-state index contributed by atoms with van der Waals surface area (Å²) in [5.74, 6) is 0.109. The molecule has 1 aromatic carbocycles. The molecule has 0 fully saturated rings. The lowest BCUT2D eigenvalue weighted by atomic mass is 10.2. The first kappa shape index (κ1) is 19.4. The van der Waals surface area contributed by atoms with E-state index < -0.39 is 0 Å². The zero-order valence-corrected chi connectivity index (χ0v) is 15.2. The van der Waals surface area contributed by atoms with E-state index in [1.807, 2.05) is 36.4 Å². The quantitative estimate of drug-likeness (QED) is 0.646. The van der Waals surface area contributed by atoms with Crippen molar-refractivity contribution >= 4 is 11.9 Å². The molecule has 0 saturated heterocycles. The van der Waals surface area contributed by atoms with Crippen molar-refractivity contribution in [3.63, 3.8) is 0 Å². The molecule has 6 nitrogen and oxygen atoms in total. The third-order valence-electron chi connectivity index (χ3n) is 3.93. The number of esters is 1. The van der Waals surface area contributed by atoms with E-state index in [2.05, 4.69) is 16.6 Å². The summed E-state index contributed by atoms with van der Waals surface area (Å²) in [5.41, 5.74) is 2.03. The Morgan fingerprint density at radius 3 is 2.65 bits per heavy atom. The van der Waals surface area contributed by atoms with Crippen LogP contribution < -0.4 is 4.74 Å². The number of ether oxygens (including phenoxy) is 2. The normalized spacial score (nSPS) is 10.2. The summed E-state index contributed by atoms with van der Waals surface area (Å²) in [6.45, 7) is 2.60. The minimum atomic E-state index is -0.356. The molecule has 1 heterocycles. The number of amides is 1. The van der Waals surface area contributed by atoms with Crippen molar-refractivity contribution in [3.05, 3.63) is 59.9 Å². The molecule has 0 spiro atoms. The fourth-order valence-electron chi connectivity index (χ4n) is 2.42. The van der Waals surface area contributed by atoms with Gasteiger partial charge in [-0.2, -0.15) is 0 Å². The highest BCUT2D eigenvalue weighted by atomic mass is 16.5. The Hall–Kier alpha value is -2.89. The van der Waals surface area contributed by atoms with E-state index in [1.54, 1.807) is 17.3 Å². The first-order valence-corrected chi connectivity index (χ1v) is 8.57. The molecule has 138 valence electrons. The minimum Gasteiger partial charge on any atom is -0.484 e. The van der Waals surface area contributed by atoms with Crippen molar-refractivity contribution in [2.75, 3.05) is 20.3 Å². The van der Waals surface area contributed by atoms with Gasteiger partial charge in [0, 0.05) is 25.5 Å². The standard InChI is InChI=1S/C20H24N2O4/c1-3-16-6-4-8-18(12-16)26-15-19(23)22(11-9-20(24)25-2)14-17-7-5-10-21-13-17/h4-8,10,12-13H,3,9,11,14-15H2,1-2H3. The molecule has 2 aromatic rings. The van der Waals surface area contributed by atoms with Crippen LogP contribution in [0.4, 0.5) is 0 Å². The number of aryl methyl sites for hydroxylation is 1. The zero-order chi connectivity index (χ0) is 18.8. The summed E-state index contributed by atoms with van der Waals surface area (Å²) in [7, 11) is 1.33. The van der Waals surface area contributed by atoms with Crippen LogP contribution in [0.1, 0.15) is 24.5 Å². The summed E-state index contributed by atoms with van der Waals surface area (Å²) in [6.07, 6.45) is 4.41. The Morgan fingerprint density at radius 1 is 1.15 bits per heavy atom. The fourth-order valence-corrected chi connectivity index (χ4v) is 2.42. The van der Waals surface area contributed by atoms with E-state index in [-0.39, 0.29) is 31.4 Å². The highest BCUT2D eigenvalue weighted by Gasteiger charge is 2.17. The number of pyridine rings is 1. The van der Waals surface area contributed by atoms with Gasteiger partial charge in [0.05, 0.1) is 13.5 Å². The highest BCUT2D eigenvalue weighted by Crippen LogP contribution is 2.14. The average molecular weight is 356 g/mol. The second-order valence-electron chi connectivity index (χ2n) is 5.79. The van der Waals surface area contributed by atoms with Crippen molar-refractivity contribution in [1.29, 1.82) is 0 Å². The maximum absolute atomic E-state index is 12.6. The van der Waals surface area contributed by atoms with Crippen LogP contribution >= 0.6 is 0 Å². The van der Waals surface area contributed by atoms with Crippen LogP contribution in [0.25, 0.3) is 0 Å². The van der Waals surface area contributed by atoms with Crippen LogP contribution in [-0.2, 0) is 27.3 Å². The molecule has 2 rings (SSSR count). The summed E-state index contributed by atoms with van der Waals surface area (Å²) in [6, 6.07) is 11.4. The van der Waals surface area contributed by atoms with Gasteiger partial charge in [0.2, 0.25) is 0 Å². The van der Waals surface area contributed by atoms with Gasteiger partial charge in [0.15, 0.2) is 6.61 Å². The van der Waals surface area contributed by atoms with Gasteiger partial charge in [-0.25, -0.2) is 0 Å². The predicted octanol–water partition coefficient (Wildman–Crippen LogP) is 2.61. The largest absolute Gasteiger partial charge is 0.484 e. The number of carbonyl (C=O) groups is 2. The van der Waals surface area contributed by atoms with Crippen LogP contribution in [0.3, 0.4) is 0 Å². The number of methoxy groups -OCH3 is 1. The third kappa shape index (κ3) is 6.20. The van der Waals surface area contributed by atoms with Crippen LogP contribution in [0.15, 0.2) is 48.8 Å². The van der Waals surface area contributed by atoms with Gasteiger partial charge in [0.25, 0.3) is 5.91 Å². The highest BCUT2D eigenvalue weighted by molar-refractivity contribution is 5.78. The second kappa shape index (κ2) is 10.2. The number of hydrogen-bond donors (Lipinski definition) is 0. The van der Waals surface area contributed by atoms with Gasteiger partial charge in [-0.3, -0.25) is 14.6 Å². The van der Waals surface area contributed by atoms with Crippen molar-refractivity contribution in [1.82, 2.24) is 9.88 Å². The van der Waals surface area contributed by atoms with E-state index in [0.717, 1.165) is 17.5 Å². The summed E-state index contributed by atoms with van der Waals surface area (Å²) >= 11 is 0. The average Bonchev–Trinajstić information content (AvgIpc) is 2.69. The molecular formula is C20H24N2O4. The van der Waals surface area contributed by atoms with E-state index in [1.165, 1.54) is 7.11 Å². The first-order valence-electron chi connectivity index (χ1n) is 8.57. The van der Waals surface area contributed by atoms with Crippen molar-refractivity contribution in [2.45, 2.75) is 26.3 Å². The lowest BCUT2D eigenvalue weighted by molar-refractivity contribution is -0.142. The monoisotopic (exact) mass is 356 g/mol. The molecule has 0 bridgehead atoms. The molecule has 6 heteroatoms. The maximum Gasteiger partial charge on any atom is 0.307 e. The van der Waals surface area contributed by atoms with E-state index in [4.69, 9.17) is 4.74 Å². The van der Waals surface area contributed by atoms with Crippen LogP contribution in [-0.4, -0.2) is 42.0 Å². The van der Waals surface area contributed by atoms with Crippen LogP contribution in [0.2, 0.25) is 0 Å². The molecular weight excluding hydrogens is 332 g/mol. The molecule has 0 aliphatic rings. The number of nitrogens with zero attached hydrogens (tertiary/aromatic N) is 2. The van der Waals surface area contributed by atoms with Gasteiger partial charge in [-0.15, -0.1) is 0 Å². The maximum atomic E-state index is 12.6. The third-order valence-corrected chi connectivity index (χ3v) is 3.93.